The summed E-state index contributed by atoms with van der Waals surface area (Å²) in [6.45, 7) is 0. The molecule has 3 nitrogen and oxygen atoms in total. The zero-order valence-electron chi connectivity index (χ0n) is 13.0. The van der Waals surface area contributed by atoms with E-state index < -0.39 is 17.5 Å². The van der Waals surface area contributed by atoms with E-state index in [-0.39, 0.29) is 5.56 Å². The van der Waals surface area contributed by atoms with E-state index in [0.29, 0.717) is 23.0 Å². The average molecular weight is 334 g/mol. The minimum Gasteiger partial charge on any atom is -0.322 e. The molecule has 0 atom stereocenters. The van der Waals surface area contributed by atoms with Crippen LogP contribution in [0.3, 0.4) is 0 Å². The minimum absolute atomic E-state index is 0.0949. The van der Waals surface area contributed by atoms with Gasteiger partial charge in [-0.3, -0.25) is 4.79 Å². The van der Waals surface area contributed by atoms with Crippen LogP contribution in [0, 0.1) is 23.5 Å². The molecule has 0 saturated heterocycles. The van der Waals surface area contributed by atoms with Gasteiger partial charge < -0.3 is 5.32 Å². The highest BCUT2D eigenvalue weighted by atomic mass is 19.1. The Balaban J connectivity index is 1.78. The van der Waals surface area contributed by atoms with E-state index in [9.17, 15) is 13.6 Å². The van der Waals surface area contributed by atoms with Crippen LogP contribution in [0.2, 0.25) is 0 Å². The molecular weight excluding hydrogens is 322 g/mol. The molecule has 2 aromatic carbocycles. The number of rotatable bonds is 2. The summed E-state index contributed by atoms with van der Waals surface area (Å²) in [5.41, 5.74) is 1.69. The highest BCUT2D eigenvalue weighted by Gasteiger charge is 2.09. The molecule has 5 heteroatoms. The Morgan fingerprint density at radius 3 is 2.44 bits per heavy atom. The highest BCUT2D eigenvalue weighted by Crippen LogP contribution is 2.14. The fourth-order valence-corrected chi connectivity index (χ4v) is 2.14. The first-order valence-corrected chi connectivity index (χ1v) is 7.41. The van der Waals surface area contributed by atoms with Crippen molar-refractivity contribution in [2.24, 2.45) is 0 Å². The number of halogens is 2. The first-order chi connectivity index (χ1) is 12.1. The molecule has 1 aromatic heterocycles. The first-order valence-electron chi connectivity index (χ1n) is 7.41. The lowest BCUT2D eigenvalue weighted by molar-refractivity contribution is 0.102. The summed E-state index contributed by atoms with van der Waals surface area (Å²) in [5.74, 6) is 3.65. The van der Waals surface area contributed by atoms with Crippen LogP contribution in [0.4, 0.5) is 14.5 Å². The predicted octanol–water partition coefficient (Wildman–Crippen LogP) is 4.01. The van der Waals surface area contributed by atoms with Gasteiger partial charge in [-0.1, -0.05) is 18.1 Å². The van der Waals surface area contributed by atoms with Gasteiger partial charge in [0.25, 0.3) is 5.91 Å². The third kappa shape index (κ3) is 4.49. The Morgan fingerprint density at radius 2 is 1.72 bits per heavy atom. The Morgan fingerprint density at radius 1 is 0.920 bits per heavy atom. The lowest BCUT2D eigenvalue weighted by atomic mass is 10.1. The standard InChI is InChI=1S/C20H12F2N2O/c21-16-11-15(12-17(22)13-16)20(25)24-19-6-3-4-14(10-19)7-8-18-5-1-2-9-23-18/h1-6,9-13H,(H,24,25). The summed E-state index contributed by atoms with van der Waals surface area (Å²) in [6, 6.07) is 14.9. The molecule has 0 fully saturated rings. The van der Waals surface area contributed by atoms with Crippen LogP contribution < -0.4 is 5.32 Å². The molecule has 122 valence electrons. The van der Waals surface area contributed by atoms with Crippen LogP contribution in [0.5, 0.6) is 0 Å². The SMILES string of the molecule is O=C(Nc1cccc(C#Cc2ccccn2)c1)c1cc(F)cc(F)c1. The van der Waals surface area contributed by atoms with Crippen molar-refractivity contribution in [1.29, 1.82) is 0 Å². The normalized spacial score (nSPS) is 9.84. The van der Waals surface area contributed by atoms with Crippen molar-refractivity contribution in [3.63, 3.8) is 0 Å². The molecule has 1 heterocycles. The van der Waals surface area contributed by atoms with Gasteiger partial charge in [0.05, 0.1) is 0 Å². The number of carbonyl (C=O) groups excluding carboxylic acids is 1. The molecule has 1 N–H and O–H groups in total. The molecule has 1 amide bonds. The zero-order chi connectivity index (χ0) is 17.6. The summed E-state index contributed by atoms with van der Waals surface area (Å²) in [7, 11) is 0. The van der Waals surface area contributed by atoms with Gasteiger partial charge in [-0.15, -0.1) is 0 Å². The number of nitrogens with one attached hydrogen (secondary N) is 1. The number of pyridine rings is 1. The molecule has 0 spiro atoms. The maximum Gasteiger partial charge on any atom is 0.255 e. The van der Waals surface area contributed by atoms with Crippen molar-refractivity contribution in [1.82, 2.24) is 4.98 Å². The second-order valence-corrected chi connectivity index (χ2v) is 5.16. The smallest absolute Gasteiger partial charge is 0.255 e. The van der Waals surface area contributed by atoms with Crippen molar-refractivity contribution in [3.05, 3.63) is 95.3 Å². The largest absolute Gasteiger partial charge is 0.322 e. The Hall–Kier alpha value is -3.52. The van der Waals surface area contributed by atoms with Gasteiger partial charge in [0.15, 0.2) is 0 Å². The van der Waals surface area contributed by atoms with Crippen molar-refractivity contribution in [2.75, 3.05) is 5.32 Å². The van der Waals surface area contributed by atoms with E-state index in [4.69, 9.17) is 0 Å². The minimum atomic E-state index is -0.805. The molecule has 0 aliphatic rings. The number of nitrogens with zero attached hydrogens (tertiary/aromatic N) is 1. The summed E-state index contributed by atoms with van der Waals surface area (Å²) >= 11 is 0. The number of hydrogen-bond acceptors (Lipinski definition) is 2. The highest BCUT2D eigenvalue weighted by molar-refractivity contribution is 6.04. The van der Waals surface area contributed by atoms with E-state index >= 15 is 0 Å². The van der Waals surface area contributed by atoms with Crippen molar-refractivity contribution >= 4 is 11.6 Å². The van der Waals surface area contributed by atoms with Gasteiger partial charge >= 0.3 is 0 Å². The number of anilines is 1. The van der Waals surface area contributed by atoms with E-state index in [1.54, 1.807) is 42.6 Å². The summed E-state index contributed by atoms with van der Waals surface area (Å²) < 4.78 is 26.4. The number of carbonyl (C=O) groups is 1. The molecule has 3 rings (SSSR count). The van der Waals surface area contributed by atoms with Crippen LogP contribution in [-0.2, 0) is 0 Å². The van der Waals surface area contributed by atoms with Gasteiger partial charge in [0.2, 0.25) is 0 Å². The zero-order valence-corrected chi connectivity index (χ0v) is 13.0. The lowest BCUT2D eigenvalue weighted by Crippen LogP contribution is -2.12. The summed E-state index contributed by atoms with van der Waals surface area (Å²) in [5, 5.41) is 2.60. The fraction of sp³-hybridized carbons (Fsp3) is 0. The van der Waals surface area contributed by atoms with Gasteiger partial charge in [-0.2, -0.15) is 0 Å². The van der Waals surface area contributed by atoms with Crippen LogP contribution in [0.25, 0.3) is 0 Å². The third-order valence-corrected chi connectivity index (χ3v) is 3.24. The van der Waals surface area contributed by atoms with Crippen molar-refractivity contribution in [2.45, 2.75) is 0 Å². The Kier molecular flexibility index (Phi) is 4.82. The number of amides is 1. The maximum atomic E-state index is 13.2. The first kappa shape index (κ1) is 16.3. The van der Waals surface area contributed by atoms with Gasteiger partial charge in [0.1, 0.15) is 17.3 Å². The monoisotopic (exact) mass is 334 g/mol. The molecule has 0 saturated carbocycles. The number of benzene rings is 2. The maximum absolute atomic E-state index is 13.2. The quantitative estimate of drug-likeness (QED) is 0.720. The lowest BCUT2D eigenvalue weighted by Gasteiger charge is -2.06. The average Bonchev–Trinajstić information content (AvgIpc) is 2.60. The second-order valence-electron chi connectivity index (χ2n) is 5.16. The molecular formula is C20H12F2N2O. The number of hydrogen-bond donors (Lipinski definition) is 1. The van der Waals surface area contributed by atoms with Crippen molar-refractivity contribution in [3.8, 4) is 11.8 Å². The number of aromatic nitrogens is 1. The van der Waals surface area contributed by atoms with Crippen molar-refractivity contribution < 1.29 is 13.6 Å². The predicted molar refractivity (Wildman–Crippen MR) is 91.0 cm³/mol. The summed E-state index contributed by atoms with van der Waals surface area (Å²) in [4.78, 5) is 16.2. The van der Waals surface area contributed by atoms with Crippen LogP contribution in [-0.4, -0.2) is 10.9 Å². The van der Waals surface area contributed by atoms with E-state index in [0.717, 1.165) is 12.1 Å². The molecule has 25 heavy (non-hydrogen) atoms. The Bertz CT molecular complexity index is 955. The van der Waals surface area contributed by atoms with Gasteiger partial charge in [-0.25, -0.2) is 13.8 Å². The molecule has 0 radical (unpaired) electrons. The molecule has 0 unspecified atom stereocenters. The summed E-state index contributed by atoms with van der Waals surface area (Å²) in [6.07, 6.45) is 1.65. The van der Waals surface area contributed by atoms with E-state index in [1.165, 1.54) is 0 Å². The molecule has 3 aromatic rings. The van der Waals surface area contributed by atoms with Gasteiger partial charge in [-0.05, 0) is 48.4 Å². The van der Waals surface area contributed by atoms with Crippen LogP contribution >= 0.6 is 0 Å². The van der Waals surface area contributed by atoms with Crippen LogP contribution in [0.15, 0.2) is 66.9 Å². The topological polar surface area (TPSA) is 42.0 Å². The van der Waals surface area contributed by atoms with Gasteiger partial charge in [0, 0.05) is 29.1 Å². The third-order valence-electron chi connectivity index (χ3n) is 3.24. The van der Waals surface area contributed by atoms with E-state index in [1.807, 2.05) is 6.07 Å². The molecule has 0 bridgehead atoms. The van der Waals surface area contributed by atoms with E-state index in [2.05, 4.69) is 22.1 Å². The fourth-order valence-electron chi connectivity index (χ4n) is 2.14. The molecule has 0 aliphatic carbocycles. The van der Waals surface area contributed by atoms with Crippen LogP contribution in [0.1, 0.15) is 21.6 Å². The Labute approximate surface area is 143 Å². The molecule has 0 aliphatic heterocycles. The second kappa shape index (κ2) is 7.37.